The summed E-state index contributed by atoms with van der Waals surface area (Å²) in [5, 5.41) is 4.63. The van der Waals surface area contributed by atoms with Crippen LogP contribution in [0.3, 0.4) is 0 Å². The SMILES string of the molecule is O=C(OCc1cc(=O)oc2ccc3ccccc3c12)c1ccc(OCc2cscn2)cc1. The van der Waals surface area contributed by atoms with Gasteiger partial charge in [0.2, 0.25) is 0 Å². The fourth-order valence-corrected chi connectivity index (χ4v) is 4.06. The summed E-state index contributed by atoms with van der Waals surface area (Å²) in [6, 6.07) is 19.5. The van der Waals surface area contributed by atoms with Gasteiger partial charge in [0.1, 0.15) is 24.5 Å². The lowest BCUT2D eigenvalue weighted by Gasteiger charge is -2.10. The molecule has 0 aliphatic heterocycles. The average molecular weight is 443 g/mol. The molecule has 0 atom stereocenters. The molecule has 6 nitrogen and oxygen atoms in total. The summed E-state index contributed by atoms with van der Waals surface area (Å²) < 4.78 is 16.5. The van der Waals surface area contributed by atoms with Crippen LogP contribution in [0.1, 0.15) is 21.6 Å². The number of hydrogen-bond acceptors (Lipinski definition) is 7. The Kier molecular flexibility index (Phi) is 5.39. The first-order chi connectivity index (χ1) is 15.7. The Hall–Kier alpha value is -3.97. The number of esters is 1. The van der Waals surface area contributed by atoms with Gasteiger partial charge < -0.3 is 13.9 Å². The van der Waals surface area contributed by atoms with E-state index in [1.807, 2.05) is 35.7 Å². The van der Waals surface area contributed by atoms with Gasteiger partial charge in [-0.05, 0) is 41.1 Å². The molecule has 32 heavy (non-hydrogen) atoms. The van der Waals surface area contributed by atoms with Gasteiger partial charge in [-0.3, -0.25) is 0 Å². The Morgan fingerprint density at radius 2 is 1.84 bits per heavy atom. The van der Waals surface area contributed by atoms with Crippen LogP contribution in [0.15, 0.2) is 86.8 Å². The lowest BCUT2D eigenvalue weighted by Crippen LogP contribution is -2.08. The third kappa shape index (κ3) is 4.10. The van der Waals surface area contributed by atoms with Gasteiger partial charge in [0, 0.05) is 22.4 Å². The first-order valence-corrected chi connectivity index (χ1v) is 10.8. The minimum absolute atomic E-state index is 0.0446. The molecule has 0 aliphatic rings. The van der Waals surface area contributed by atoms with Crippen LogP contribution < -0.4 is 10.4 Å². The largest absolute Gasteiger partial charge is 0.487 e. The molecule has 0 fully saturated rings. The van der Waals surface area contributed by atoms with Gasteiger partial charge in [-0.2, -0.15) is 0 Å². The molecule has 0 spiro atoms. The summed E-state index contributed by atoms with van der Waals surface area (Å²) in [6.07, 6.45) is 0. The van der Waals surface area contributed by atoms with Crippen molar-refractivity contribution in [1.82, 2.24) is 4.98 Å². The van der Waals surface area contributed by atoms with E-state index in [0.717, 1.165) is 21.9 Å². The van der Waals surface area contributed by atoms with Crippen molar-refractivity contribution in [3.8, 4) is 5.75 Å². The van der Waals surface area contributed by atoms with Crippen molar-refractivity contribution in [1.29, 1.82) is 0 Å². The van der Waals surface area contributed by atoms with Gasteiger partial charge in [-0.1, -0.05) is 30.3 Å². The molecule has 0 N–H and O–H groups in total. The molecule has 7 heteroatoms. The van der Waals surface area contributed by atoms with Gasteiger partial charge in [-0.15, -0.1) is 11.3 Å². The number of thiazole rings is 1. The van der Waals surface area contributed by atoms with E-state index in [0.29, 0.717) is 29.1 Å². The average Bonchev–Trinajstić information content (AvgIpc) is 3.34. The predicted molar refractivity (Wildman–Crippen MR) is 122 cm³/mol. The number of nitrogens with zero attached hydrogens (tertiary/aromatic N) is 1. The first-order valence-electron chi connectivity index (χ1n) is 9.89. The summed E-state index contributed by atoms with van der Waals surface area (Å²) in [5.41, 5.74) is 3.57. The van der Waals surface area contributed by atoms with E-state index < -0.39 is 11.6 Å². The fourth-order valence-electron chi connectivity index (χ4n) is 3.51. The summed E-state index contributed by atoms with van der Waals surface area (Å²) in [5.74, 6) is 0.144. The van der Waals surface area contributed by atoms with Gasteiger partial charge in [0.15, 0.2) is 0 Å². The molecule has 0 saturated heterocycles. The molecule has 0 radical (unpaired) electrons. The third-order valence-electron chi connectivity index (χ3n) is 5.03. The summed E-state index contributed by atoms with van der Waals surface area (Å²) in [4.78, 5) is 28.8. The molecule has 0 aliphatic carbocycles. The van der Waals surface area contributed by atoms with E-state index >= 15 is 0 Å². The molecule has 2 aromatic heterocycles. The van der Waals surface area contributed by atoms with Crippen LogP contribution in [0.4, 0.5) is 0 Å². The number of fused-ring (bicyclic) bond motifs is 3. The Balaban J connectivity index is 1.33. The van der Waals surface area contributed by atoms with Gasteiger partial charge in [0.25, 0.3) is 0 Å². The van der Waals surface area contributed by atoms with Crippen LogP contribution in [0, 0.1) is 0 Å². The molecule has 0 unspecified atom stereocenters. The van der Waals surface area contributed by atoms with E-state index in [-0.39, 0.29) is 6.61 Å². The van der Waals surface area contributed by atoms with Crippen molar-refractivity contribution >= 4 is 39.0 Å². The number of hydrogen-bond donors (Lipinski definition) is 0. The molecule has 5 rings (SSSR count). The van der Waals surface area contributed by atoms with Gasteiger partial charge in [0.05, 0.1) is 16.8 Å². The van der Waals surface area contributed by atoms with E-state index in [1.165, 1.54) is 17.4 Å². The predicted octanol–water partition coefficient (Wildman–Crippen LogP) is 5.34. The fraction of sp³-hybridized carbons (Fsp3) is 0.0800. The third-order valence-corrected chi connectivity index (χ3v) is 5.67. The zero-order chi connectivity index (χ0) is 21.9. The van der Waals surface area contributed by atoms with E-state index in [9.17, 15) is 9.59 Å². The quantitative estimate of drug-likeness (QED) is 0.200. The molecular weight excluding hydrogens is 426 g/mol. The van der Waals surface area contributed by atoms with Crippen molar-refractivity contribution in [2.24, 2.45) is 0 Å². The smallest absolute Gasteiger partial charge is 0.338 e. The maximum Gasteiger partial charge on any atom is 0.338 e. The Morgan fingerprint density at radius 1 is 1.00 bits per heavy atom. The highest BCUT2D eigenvalue weighted by atomic mass is 32.1. The highest BCUT2D eigenvalue weighted by Gasteiger charge is 2.13. The van der Waals surface area contributed by atoms with Crippen molar-refractivity contribution in [3.63, 3.8) is 0 Å². The molecule has 2 heterocycles. The van der Waals surface area contributed by atoms with Crippen LogP contribution >= 0.6 is 11.3 Å². The van der Waals surface area contributed by atoms with E-state index in [4.69, 9.17) is 13.9 Å². The number of aromatic nitrogens is 1. The Labute approximate surface area is 186 Å². The summed E-state index contributed by atoms with van der Waals surface area (Å²) in [7, 11) is 0. The van der Waals surface area contributed by atoms with Crippen LogP contribution in [0.5, 0.6) is 5.75 Å². The highest BCUT2D eigenvalue weighted by molar-refractivity contribution is 7.07. The van der Waals surface area contributed by atoms with Gasteiger partial charge in [-0.25, -0.2) is 14.6 Å². The molecular formula is C25H17NO5S. The second kappa shape index (κ2) is 8.64. The number of carbonyl (C=O) groups excluding carboxylic acids is 1. The standard InChI is InChI=1S/C25H17NO5S/c27-23-11-18(24-21-4-2-1-3-16(21)7-10-22(24)31-23)12-30-25(28)17-5-8-20(9-6-17)29-13-19-14-32-15-26-19/h1-11,14-15H,12-13H2. The Morgan fingerprint density at radius 3 is 2.66 bits per heavy atom. The maximum atomic E-state index is 12.6. The minimum atomic E-state index is -0.488. The van der Waals surface area contributed by atoms with Crippen molar-refractivity contribution in [3.05, 3.63) is 105 Å². The van der Waals surface area contributed by atoms with E-state index in [2.05, 4.69) is 4.98 Å². The Bertz CT molecular complexity index is 1460. The van der Waals surface area contributed by atoms with Crippen LogP contribution in [-0.4, -0.2) is 11.0 Å². The number of benzene rings is 3. The van der Waals surface area contributed by atoms with Gasteiger partial charge >= 0.3 is 11.6 Å². The normalized spacial score (nSPS) is 11.0. The monoisotopic (exact) mass is 443 g/mol. The molecule has 158 valence electrons. The second-order valence-corrected chi connectivity index (χ2v) is 7.84. The van der Waals surface area contributed by atoms with Crippen molar-refractivity contribution < 1.29 is 18.7 Å². The molecule has 0 saturated carbocycles. The van der Waals surface area contributed by atoms with Crippen molar-refractivity contribution in [2.45, 2.75) is 13.2 Å². The van der Waals surface area contributed by atoms with Crippen LogP contribution in [0.25, 0.3) is 21.7 Å². The van der Waals surface area contributed by atoms with Crippen LogP contribution in [-0.2, 0) is 18.0 Å². The lowest BCUT2D eigenvalue weighted by molar-refractivity contribution is 0.0474. The number of ether oxygens (including phenoxy) is 2. The number of rotatable bonds is 6. The van der Waals surface area contributed by atoms with Crippen LogP contribution in [0.2, 0.25) is 0 Å². The molecule has 0 bridgehead atoms. The molecule has 3 aromatic carbocycles. The molecule has 0 amide bonds. The highest BCUT2D eigenvalue weighted by Crippen LogP contribution is 2.28. The van der Waals surface area contributed by atoms with E-state index in [1.54, 1.807) is 35.8 Å². The number of carbonyl (C=O) groups is 1. The lowest BCUT2D eigenvalue weighted by atomic mass is 10.0. The van der Waals surface area contributed by atoms with Crippen molar-refractivity contribution in [2.75, 3.05) is 0 Å². The first kappa shape index (κ1) is 20.0. The second-order valence-electron chi connectivity index (χ2n) is 7.12. The zero-order valence-corrected chi connectivity index (χ0v) is 17.6. The topological polar surface area (TPSA) is 78.6 Å². The molecule has 5 aromatic rings. The summed E-state index contributed by atoms with van der Waals surface area (Å²) in [6.45, 7) is 0.321. The summed E-state index contributed by atoms with van der Waals surface area (Å²) >= 11 is 1.51. The maximum absolute atomic E-state index is 12.6. The zero-order valence-electron chi connectivity index (χ0n) is 16.8. The minimum Gasteiger partial charge on any atom is -0.487 e.